The lowest BCUT2D eigenvalue weighted by molar-refractivity contribution is -0.142. The molecule has 1 aromatic heterocycles. The Hall–Kier alpha value is -2.93. The molecule has 1 aliphatic heterocycles. The molecule has 0 saturated heterocycles. The first-order chi connectivity index (χ1) is 12.7. The van der Waals surface area contributed by atoms with Crippen molar-refractivity contribution in [3.8, 4) is 11.5 Å². The number of rotatable bonds is 6. The summed E-state index contributed by atoms with van der Waals surface area (Å²) in [6.07, 6.45) is 0.685. The largest absolute Gasteiger partial charge is 0.457 e. The van der Waals surface area contributed by atoms with Crippen LogP contribution in [0.15, 0.2) is 42.5 Å². The quantitative estimate of drug-likeness (QED) is 0.490. The number of thiazole rings is 1. The number of para-hydroxylation sites is 1. The highest BCUT2D eigenvalue weighted by Crippen LogP contribution is 2.32. The van der Waals surface area contributed by atoms with E-state index in [1.807, 2.05) is 24.3 Å². The fourth-order valence-corrected chi connectivity index (χ4v) is 3.57. The van der Waals surface area contributed by atoms with E-state index in [0.717, 1.165) is 15.2 Å². The molecule has 0 saturated carbocycles. The Morgan fingerprint density at radius 1 is 1.12 bits per heavy atom. The van der Waals surface area contributed by atoms with Crippen LogP contribution >= 0.6 is 11.3 Å². The van der Waals surface area contributed by atoms with Crippen molar-refractivity contribution in [2.75, 3.05) is 13.4 Å². The van der Waals surface area contributed by atoms with Gasteiger partial charge in [0.25, 0.3) is 0 Å². The molecule has 0 radical (unpaired) electrons. The Kier molecular flexibility index (Phi) is 4.53. The third-order valence-electron chi connectivity index (χ3n) is 3.94. The summed E-state index contributed by atoms with van der Waals surface area (Å²) in [6.45, 7) is -0.147. The fraction of sp³-hybridized carbons (Fsp3) is 0.211. The second-order valence-corrected chi connectivity index (χ2v) is 6.84. The molecule has 0 spiro atoms. The summed E-state index contributed by atoms with van der Waals surface area (Å²) in [4.78, 5) is 28.5. The number of carbonyl (C=O) groups is 2. The van der Waals surface area contributed by atoms with Crippen LogP contribution in [0.2, 0.25) is 0 Å². The van der Waals surface area contributed by atoms with Gasteiger partial charge in [-0.15, -0.1) is 11.3 Å². The Morgan fingerprint density at radius 2 is 1.96 bits per heavy atom. The third kappa shape index (κ3) is 3.52. The highest BCUT2D eigenvalue weighted by molar-refractivity contribution is 7.18. The zero-order chi connectivity index (χ0) is 17.9. The van der Waals surface area contributed by atoms with E-state index >= 15 is 0 Å². The first-order valence-corrected chi connectivity index (χ1v) is 8.93. The molecular formula is C19H15NO5S. The Bertz CT molecular complexity index is 948. The molecule has 1 aliphatic rings. The van der Waals surface area contributed by atoms with Crippen LogP contribution in [0.1, 0.15) is 21.8 Å². The molecule has 2 heterocycles. The minimum absolute atomic E-state index is 0.147. The van der Waals surface area contributed by atoms with Gasteiger partial charge in [-0.2, -0.15) is 0 Å². The van der Waals surface area contributed by atoms with E-state index < -0.39 is 5.97 Å². The van der Waals surface area contributed by atoms with E-state index in [4.69, 9.17) is 14.2 Å². The average Bonchev–Trinajstić information content (AvgIpc) is 3.29. The van der Waals surface area contributed by atoms with Crippen molar-refractivity contribution in [2.24, 2.45) is 0 Å². The van der Waals surface area contributed by atoms with Crippen LogP contribution in [0, 0.1) is 0 Å². The summed E-state index contributed by atoms with van der Waals surface area (Å²) in [5.41, 5.74) is 1.35. The zero-order valence-electron chi connectivity index (χ0n) is 13.8. The SMILES string of the molecule is O=C(CCc1nc2ccccc2s1)OCC(=O)c1ccc2c(c1)OCO2. The van der Waals surface area contributed by atoms with Crippen molar-refractivity contribution >= 4 is 33.3 Å². The van der Waals surface area contributed by atoms with Gasteiger partial charge >= 0.3 is 5.97 Å². The minimum Gasteiger partial charge on any atom is -0.457 e. The predicted octanol–water partition coefficient (Wildman–Crippen LogP) is 3.38. The summed E-state index contributed by atoms with van der Waals surface area (Å²) in [7, 11) is 0. The van der Waals surface area contributed by atoms with Crippen LogP contribution in [0.5, 0.6) is 11.5 Å². The lowest BCUT2D eigenvalue weighted by atomic mass is 10.1. The highest BCUT2D eigenvalue weighted by Gasteiger charge is 2.17. The van der Waals surface area contributed by atoms with E-state index in [1.54, 1.807) is 29.5 Å². The van der Waals surface area contributed by atoms with Crippen molar-refractivity contribution in [3.05, 3.63) is 53.0 Å². The molecule has 2 aromatic carbocycles. The Labute approximate surface area is 153 Å². The van der Waals surface area contributed by atoms with E-state index in [9.17, 15) is 9.59 Å². The van der Waals surface area contributed by atoms with Crippen molar-refractivity contribution in [1.29, 1.82) is 0 Å². The van der Waals surface area contributed by atoms with Crippen LogP contribution in [0.25, 0.3) is 10.2 Å². The molecule has 4 rings (SSSR count). The van der Waals surface area contributed by atoms with Crippen LogP contribution in [0.4, 0.5) is 0 Å². The maximum Gasteiger partial charge on any atom is 0.306 e. The second-order valence-electron chi connectivity index (χ2n) is 5.73. The number of aromatic nitrogens is 1. The van der Waals surface area contributed by atoms with Gasteiger partial charge in [0.15, 0.2) is 23.9 Å². The van der Waals surface area contributed by atoms with Crippen molar-refractivity contribution in [1.82, 2.24) is 4.98 Å². The smallest absolute Gasteiger partial charge is 0.306 e. The average molecular weight is 369 g/mol. The van der Waals surface area contributed by atoms with Crippen LogP contribution in [0.3, 0.4) is 0 Å². The number of aryl methyl sites for hydroxylation is 1. The molecule has 0 fully saturated rings. The Balaban J connectivity index is 1.29. The Morgan fingerprint density at radius 3 is 2.85 bits per heavy atom. The van der Waals surface area contributed by atoms with Crippen LogP contribution in [-0.4, -0.2) is 30.1 Å². The molecule has 26 heavy (non-hydrogen) atoms. The molecule has 0 aliphatic carbocycles. The molecule has 0 unspecified atom stereocenters. The van der Waals surface area contributed by atoms with Gasteiger partial charge in [0.1, 0.15) is 0 Å². The normalized spacial score (nSPS) is 12.3. The monoisotopic (exact) mass is 369 g/mol. The lowest BCUT2D eigenvalue weighted by Gasteiger charge is -2.04. The molecule has 132 valence electrons. The van der Waals surface area contributed by atoms with E-state index in [0.29, 0.717) is 23.5 Å². The van der Waals surface area contributed by atoms with Gasteiger partial charge in [0, 0.05) is 12.0 Å². The van der Waals surface area contributed by atoms with Crippen LogP contribution < -0.4 is 9.47 Å². The molecule has 6 nitrogen and oxygen atoms in total. The number of carbonyl (C=O) groups excluding carboxylic acids is 2. The van der Waals surface area contributed by atoms with Gasteiger partial charge in [-0.1, -0.05) is 12.1 Å². The number of esters is 1. The molecule has 0 amide bonds. The molecule has 0 atom stereocenters. The molecule has 3 aromatic rings. The van der Waals surface area contributed by atoms with Gasteiger partial charge in [-0.05, 0) is 30.3 Å². The summed E-state index contributed by atoms with van der Waals surface area (Å²) < 4.78 is 16.6. The lowest BCUT2D eigenvalue weighted by Crippen LogP contribution is -2.14. The summed E-state index contributed by atoms with van der Waals surface area (Å²) in [5, 5.41) is 0.880. The number of nitrogens with zero attached hydrogens (tertiary/aromatic N) is 1. The topological polar surface area (TPSA) is 74.7 Å². The molecule has 0 bridgehead atoms. The van der Waals surface area contributed by atoms with Crippen LogP contribution in [-0.2, 0) is 16.0 Å². The number of hydrogen-bond donors (Lipinski definition) is 0. The highest BCUT2D eigenvalue weighted by atomic mass is 32.1. The summed E-state index contributed by atoms with van der Waals surface area (Å²) in [5.74, 6) is 0.433. The van der Waals surface area contributed by atoms with Gasteiger partial charge in [0.2, 0.25) is 6.79 Å². The first-order valence-electron chi connectivity index (χ1n) is 8.12. The van der Waals surface area contributed by atoms with E-state index in [1.165, 1.54) is 0 Å². The summed E-state index contributed by atoms with van der Waals surface area (Å²) in [6, 6.07) is 12.7. The molecule has 0 N–H and O–H groups in total. The van der Waals surface area contributed by atoms with Crippen molar-refractivity contribution < 1.29 is 23.8 Å². The van der Waals surface area contributed by atoms with Gasteiger partial charge in [0.05, 0.1) is 21.6 Å². The maximum absolute atomic E-state index is 12.2. The van der Waals surface area contributed by atoms with Gasteiger partial charge in [-0.3, -0.25) is 9.59 Å². The molecule has 7 heteroatoms. The third-order valence-corrected chi connectivity index (χ3v) is 5.04. The number of Topliss-reactive ketones (excluding diaryl/α,β-unsaturated/α-hetero) is 1. The van der Waals surface area contributed by atoms with Gasteiger partial charge < -0.3 is 14.2 Å². The van der Waals surface area contributed by atoms with Gasteiger partial charge in [-0.25, -0.2) is 4.98 Å². The second kappa shape index (κ2) is 7.13. The number of fused-ring (bicyclic) bond motifs is 2. The number of ketones is 1. The van der Waals surface area contributed by atoms with Crippen molar-refractivity contribution in [2.45, 2.75) is 12.8 Å². The van der Waals surface area contributed by atoms with E-state index in [2.05, 4.69) is 4.98 Å². The predicted molar refractivity (Wildman–Crippen MR) is 95.8 cm³/mol. The fourth-order valence-electron chi connectivity index (χ4n) is 2.61. The minimum atomic E-state index is -0.418. The van der Waals surface area contributed by atoms with Crippen molar-refractivity contribution in [3.63, 3.8) is 0 Å². The number of benzene rings is 2. The zero-order valence-corrected chi connectivity index (χ0v) is 14.6. The molecular weight excluding hydrogens is 354 g/mol. The van der Waals surface area contributed by atoms with E-state index in [-0.39, 0.29) is 25.6 Å². The standard InChI is InChI=1S/C19H15NO5S/c21-14(12-5-6-15-16(9-12)25-11-24-15)10-23-19(22)8-7-18-20-13-3-1-2-4-17(13)26-18/h1-6,9H,7-8,10-11H2. The summed E-state index contributed by atoms with van der Waals surface area (Å²) >= 11 is 1.56. The maximum atomic E-state index is 12.2. The number of ether oxygens (including phenoxy) is 3. The first kappa shape index (κ1) is 16.5. The number of hydrogen-bond acceptors (Lipinski definition) is 7.